The molecule has 0 unspecified atom stereocenters. The largest absolute Gasteiger partial charge is 0.439 e. The molecule has 6 nitrogen and oxygen atoms in total. The number of nitrogens with one attached hydrogen (secondary N) is 1. The second-order valence-electron chi connectivity index (χ2n) is 5.71. The number of carbonyl (C=O) groups excluding carboxylic acids is 1. The number of alkyl halides is 3. The van der Waals surface area contributed by atoms with Crippen molar-refractivity contribution < 1.29 is 22.7 Å². The van der Waals surface area contributed by atoms with E-state index in [0.717, 1.165) is 12.1 Å². The SMILES string of the molecule is NC(=O)c1cccnc1NCc1cccnc1Oc1cccc(C(F)(F)F)c1. The van der Waals surface area contributed by atoms with Gasteiger partial charge in [0.05, 0.1) is 11.1 Å². The summed E-state index contributed by atoms with van der Waals surface area (Å²) >= 11 is 0. The van der Waals surface area contributed by atoms with Gasteiger partial charge in [-0.25, -0.2) is 9.97 Å². The maximum atomic E-state index is 12.9. The minimum absolute atomic E-state index is 0.00503. The van der Waals surface area contributed by atoms with E-state index in [1.165, 1.54) is 30.6 Å². The van der Waals surface area contributed by atoms with Crippen LogP contribution in [0, 0.1) is 0 Å². The molecule has 0 aliphatic carbocycles. The number of carbonyl (C=O) groups is 1. The van der Waals surface area contributed by atoms with Crippen LogP contribution < -0.4 is 15.8 Å². The van der Waals surface area contributed by atoms with Crippen molar-refractivity contribution in [2.45, 2.75) is 12.7 Å². The smallest absolute Gasteiger partial charge is 0.416 e. The number of rotatable bonds is 6. The molecule has 144 valence electrons. The molecule has 0 saturated carbocycles. The summed E-state index contributed by atoms with van der Waals surface area (Å²) in [5, 5.41) is 2.96. The van der Waals surface area contributed by atoms with E-state index in [-0.39, 0.29) is 29.6 Å². The molecule has 28 heavy (non-hydrogen) atoms. The van der Waals surface area contributed by atoms with Crippen molar-refractivity contribution in [2.24, 2.45) is 5.73 Å². The highest BCUT2D eigenvalue weighted by molar-refractivity contribution is 5.97. The minimum Gasteiger partial charge on any atom is -0.439 e. The highest BCUT2D eigenvalue weighted by atomic mass is 19.4. The Kier molecular flexibility index (Phi) is 5.44. The van der Waals surface area contributed by atoms with Crippen LogP contribution in [-0.4, -0.2) is 15.9 Å². The third kappa shape index (κ3) is 4.56. The van der Waals surface area contributed by atoms with Gasteiger partial charge < -0.3 is 15.8 Å². The highest BCUT2D eigenvalue weighted by Gasteiger charge is 2.30. The monoisotopic (exact) mass is 388 g/mol. The van der Waals surface area contributed by atoms with Gasteiger partial charge in [0.2, 0.25) is 5.88 Å². The Bertz CT molecular complexity index is 993. The molecule has 2 heterocycles. The normalized spacial score (nSPS) is 11.1. The summed E-state index contributed by atoms with van der Waals surface area (Å²) in [6, 6.07) is 11.0. The van der Waals surface area contributed by atoms with Crippen LogP contribution >= 0.6 is 0 Å². The summed E-state index contributed by atoms with van der Waals surface area (Å²) in [5.74, 6) is -0.220. The van der Waals surface area contributed by atoms with Gasteiger partial charge in [0.25, 0.3) is 5.91 Å². The van der Waals surface area contributed by atoms with Crippen LogP contribution in [0.25, 0.3) is 0 Å². The van der Waals surface area contributed by atoms with E-state index in [1.54, 1.807) is 18.2 Å². The average Bonchev–Trinajstić information content (AvgIpc) is 2.67. The molecule has 0 radical (unpaired) electrons. The van der Waals surface area contributed by atoms with Crippen LogP contribution in [0.1, 0.15) is 21.5 Å². The maximum Gasteiger partial charge on any atom is 0.416 e. The van der Waals surface area contributed by atoms with Crippen molar-refractivity contribution >= 4 is 11.7 Å². The first-order valence-corrected chi connectivity index (χ1v) is 8.12. The Morgan fingerprint density at radius 1 is 1.07 bits per heavy atom. The van der Waals surface area contributed by atoms with Crippen molar-refractivity contribution in [3.63, 3.8) is 0 Å². The molecule has 0 fully saturated rings. The number of halogens is 3. The fraction of sp³-hybridized carbons (Fsp3) is 0.105. The predicted molar refractivity (Wildman–Crippen MR) is 95.8 cm³/mol. The molecule has 1 amide bonds. The third-order valence-electron chi connectivity index (χ3n) is 3.75. The molecule has 2 aromatic heterocycles. The van der Waals surface area contributed by atoms with Gasteiger partial charge in [0.1, 0.15) is 11.6 Å². The Morgan fingerprint density at radius 3 is 2.57 bits per heavy atom. The van der Waals surface area contributed by atoms with E-state index in [0.29, 0.717) is 5.56 Å². The number of nitrogens with two attached hydrogens (primary N) is 1. The van der Waals surface area contributed by atoms with Crippen LogP contribution in [0.15, 0.2) is 60.9 Å². The molecule has 3 rings (SSSR count). The van der Waals surface area contributed by atoms with Crippen LogP contribution in [0.4, 0.5) is 19.0 Å². The second kappa shape index (κ2) is 7.95. The van der Waals surface area contributed by atoms with Gasteiger partial charge in [-0.05, 0) is 36.4 Å². The number of nitrogens with zero attached hydrogens (tertiary/aromatic N) is 2. The van der Waals surface area contributed by atoms with Crippen molar-refractivity contribution in [1.82, 2.24) is 9.97 Å². The molecule has 0 spiro atoms. The number of primary amides is 1. The van der Waals surface area contributed by atoms with Gasteiger partial charge in [-0.1, -0.05) is 12.1 Å². The van der Waals surface area contributed by atoms with E-state index in [9.17, 15) is 18.0 Å². The molecule has 0 bridgehead atoms. The van der Waals surface area contributed by atoms with Crippen molar-refractivity contribution in [2.75, 3.05) is 5.32 Å². The summed E-state index contributed by atoms with van der Waals surface area (Å²) < 4.78 is 44.2. The standard InChI is InChI=1S/C19H15F3N4O2/c20-19(21,22)13-5-1-6-14(10-13)28-18-12(4-2-9-25-18)11-26-17-15(16(23)27)7-3-8-24-17/h1-10H,11H2,(H2,23,27)(H,24,26). The van der Waals surface area contributed by atoms with Gasteiger partial charge in [0.15, 0.2) is 0 Å². The number of hydrogen-bond acceptors (Lipinski definition) is 5. The summed E-state index contributed by atoms with van der Waals surface area (Å²) in [5.41, 5.74) is 5.27. The Hall–Kier alpha value is -3.62. The first kappa shape index (κ1) is 19.2. The molecular formula is C19H15F3N4O2. The predicted octanol–water partition coefficient (Wildman–Crippen LogP) is 4.00. The van der Waals surface area contributed by atoms with Crippen LogP contribution in [0.3, 0.4) is 0 Å². The number of pyridine rings is 2. The van der Waals surface area contributed by atoms with E-state index in [2.05, 4.69) is 15.3 Å². The number of ether oxygens (including phenoxy) is 1. The highest BCUT2D eigenvalue weighted by Crippen LogP contribution is 2.33. The first-order valence-electron chi connectivity index (χ1n) is 8.12. The van der Waals surface area contributed by atoms with Gasteiger partial charge in [-0.2, -0.15) is 13.2 Å². The van der Waals surface area contributed by atoms with Gasteiger partial charge >= 0.3 is 6.18 Å². The summed E-state index contributed by atoms with van der Waals surface area (Å²) in [7, 11) is 0. The lowest BCUT2D eigenvalue weighted by Crippen LogP contribution is -2.15. The fourth-order valence-electron chi connectivity index (χ4n) is 2.42. The summed E-state index contributed by atoms with van der Waals surface area (Å²) in [6.45, 7) is 0.166. The van der Waals surface area contributed by atoms with E-state index >= 15 is 0 Å². The number of amides is 1. The van der Waals surface area contributed by atoms with Gasteiger partial charge in [0, 0.05) is 24.5 Å². The fourth-order valence-corrected chi connectivity index (χ4v) is 2.42. The average molecular weight is 388 g/mol. The lowest BCUT2D eigenvalue weighted by Gasteiger charge is -2.13. The minimum atomic E-state index is -4.47. The van der Waals surface area contributed by atoms with E-state index < -0.39 is 17.6 Å². The zero-order valence-corrected chi connectivity index (χ0v) is 14.4. The Balaban J connectivity index is 1.80. The van der Waals surface area contributed by atoms with Gasteiger partial charge in [-0.15, -0.1) is 0 Å². The number of anilines is 1. The molecule has 0 saturated heterocycles. The second-order valence-corrected chi connectivity index (χ2v) is 5.71. The molecule has 1 aromatic carbocycles. The Labute approximate surface area is 158 Å². The quantitative estimate of drug-likeness (QED) is 0.666. The third-order valence-corrected chi connectivity index (χ3v) is 3.75. The molecule has 3 aromatic rings. The molecule has 3 N–H and O–H groups in total. The maximum absolute atomic E-state index is 12.9. The zero-order valence-electron chi connectivity index (χ0n) is 14.4. The first-order chi connectivity index (χ1) is 13.3. The van der Waals surface area contributed by atoms with Crippen LogP contribution in [-0.2, 0) is 12.7 Å². The molecule has 0 atom stereocenters. The molecule has 0 aliphatic rings. The van der Waals surface area contributed by atoms with Crippen molar-refractivity contribution in [1.29, 1.82) is 0 Å². The van der Waals surface area contributed by atoms with Crippen LogP contribution in [0.5, 0.6) is 11.6 Å². The van der Waals surface area contributed by atoms with Crippen LogP contribution in [0.2, 0.25) is 0 Å². The van der Waals surface area contributed by atoms with E-state index in [1.807, 2.05) is 0 Å². The number of aromatic nitrogens is 2. The molecule has 0 aliphatic heterocycles. The topological polar surface area (TPSA) is 90.1 Å². The van der Waals surface area contributed by atoms with Gasteiger partial charge in [-0.3, -0.25) is 4.79 Å². The van der Waals surface area contributed by atoms with Crippen molar-refractivity contribution in [3.05, 3.63) is 77.6 Å². The lowest BCUT2D eigenvalue weighted by molar-refractivity contribution is -0.137. The molecule has 9 heteroatoms. The number of benzene rings is 1. The summed E-state index contributed by atoms with van der Waals surface area (Å²) in [6.07, 6.45) is -1.52. The van der Waals surface area contributed by atoms with Crippen molar-refractivity contribution in [3.8, 4) is 11.6 Å². The lowest BCUT2D eigenvalue weighted by atomic mass is 10.2. The Morgan fingerprint density at radius 2 is 1.82 bits per heavy atom. The number of hydrogen-bond donors (Lipinski definition) is 2. The zero-order chi connectivity index (χ0) is 20.1. The van der Waals surface area contributed by atoms with E-state index in [4.69, 9.17) is 10.5 Å². The molecular weight excluding hydrogens is 373 g/mol. The summed E-state index contributed by atoms with van der Waals surface area (Å²) in [4.78, 5) is 19.6.